The normalized spacial score (nSPS) is 11.3. The number of Topliss-reactive ketones (excluding diaryl/α,β-unsaturated/α-hetero) is 1. The first kappa shape index (κ1) is 11.8. The van der Waals surface area contributed by atoms with Gasteiger partial charge < -0.3 is 4.98 Å². The molecule has 0 aliphatic rings. The second-order valence-electron chi connectivity index (χ2n) is 4.82. The molecule has 0 atom stereocenters. The molecule has 6 heteroatoms. The fourth-order valence-corrected chi connectivity index (χ4v) is 2.49. The van der Waals surface area contributed by atoms with E-state index in [1.54, 1.807) is 23.2 Å². The van der Waals surface area contributed by atoms with Crippen molar-refractivity contribution in [2.45, 2.75) is 6.92 Å². The standard InChI is InChI=1S/C15H11N5O/c1-9(21)13-7-11-10(4-6-16-15(11)19-13)12-8-18-20-14(12)3-2-5-17-20/h2-8H,1H3,(H,16,19). The highest BCUT2D eigenvalue weighted by Crippen LogP contribution is 2.30. The molecule has 0 bridgehead atoms. The summed E-state index contributed by atoms with van der Waals surface area (Å²) in [6.45, 7) is 1.53. The molecule has 0 amide bonds. The smallest absolute Gasteiger partial charge is 0.176 e. The molecule has 0 aliphatic heterocycles. The van der Waals surface area contributed by atoms with Crippen LogP contribution < -0.4 is 0 Å². The zero-order valence-corrected chi connectivity index (χ0v) is 11.2. The molecule has 4 aromatic heterocycles. The van der Waals surface area contributed by atoms with Gasteiger partial charge in [0.1, 0.15) is 5.65 Å². The van der Waals surface area contributed by atoms with Crippen LogP contribution in [-0.4, -0.2) is 30.6 Å². The minimum Gasteiger partial charge on any atom is -0.337 e. The van der Waals surface area contributed by atoms with E-state index in [9.17, 15) is 4.79 Å². The summed E-state index contributed by atoms with van der Waals surface area (Å²) >= 11 is 0. The maximum Gasteiger partial charge on any atom is 0.176 e. The number of ketones is 1. The van der Waals surface area contributed by atoms with Gasteiger partial charge in [0.15, 0.2) is 5.78 Å². The van der Waals surface area contributed by atoms with E-state index < -0.39 is 0 Å². The molecule has 0 aliphatic carbocycles. The number of fused-ring (bicyclic) bond motifs is 2. The lowest BCUT2D eigenvalue weighted by molar-refractivity contribution is 0.101. The van der Waals surface area contributed by atoms with Crippen LogP contribution in [0.15, 0.2) is 42.9 Å². The molecule has 0 spiro atoms. The lowest BCUT2D eigenvalue weighted by atomic mass is 10.1. The molecular weight excluding hydrogens is 266 g/mol. The molecule has 0 fully saturated rings. The fourth-order valence-electron chi connectivity index (χ4n) is 2.49. The van der Waals surface area contributed by atoms with Gasteiger partial charge in [-0.25, -0.2) is 4.98 Å². The third-order valence-corrected chi connectivity index (χ3v) is 3.51. The predicted octanol–water partition coefficient (Wildman–Crippen LogP) is 2.48. The Morgan fingerprint density at radius 1 is 1.19 bits per heavy atom. The third-order valence-electron chi connectivity index (χ3n) is 3.51. The lowest BCUT2D eigenvalue weighted by Crippen LogP contribution is -1.90. The van der Waals surface area contributed by atoms with Crippen molar-refractivity contribution in [1.82, 2.24) is 24.8 Å². The van der Waals surface area contributed by atoms with Gasteiger partial charge in [-0.2, -0.15) is 14.8 Å². The van der Waals surface area contributed by atoms with Crippen LogP contribution in [0.25, 0.3) is 27.7 Å². The van der Waals surface area contributed by atoms with E-state index in [4.69, 9.17) is 0 Å². The number of H-pyrrole nitrogens is 1. The largest absolute Gasteiger partial charge is 0.337 e. The van der Waals surface area contributed by atoms with Crippen LogP contribution in [-0.2, 0) is 0 Å². The van der Waals surface area contributed by atoms with Crippen LogP contribution in [0.2, 0.25) is 0 Å². The van der Waals surface area contributed by atoms with Crippen LogP contribution in [0.3, 0.4) is 0 Å². The Morgan fingerprint density at radius 2 is 2.10 bits per heavy atom. The number of rotatable bonds is 2. The van der Waals surface area contributed by atoms with Crippen molar-refractivity contribution in [3.63, 3.8) is 0 Å². The Hall–Kier alpha value is -3.02. The fraction of sp³-hybridized carbons (Fsp3) is 0.0667. The number of nitrogens with one attached hydrogen (secondary N) is 1. The Morgan fingerprint density at radius 3 is 2.95 bits per heavy atom. The van der Waals surface area contributed by atoms with Crippen molar-refractivity contribution < 1.29 is 4.79 Å². The zero-order valence-electron chi connectivity index (χ0n) is 11.2. The van der Waals surface area contributed by atoms with E-state index in [-0.39, 0.29) is 5.78 Å². The number of nitrogens with zero attached hydrogens (tertiary/aromatic N) is 4. The number of hydrogen-bond donors (Lipinski definition) is 1. The molecule has 0 radical (unpaired) electrons. The van der Waals surface area contributed by atoms with Crippen molar-refractivity contribution in [3.8, 4) is 11.1 Å². The highest BCUT2D eigenvalue weighted by Gasteiger charge is 2.13. The van der Waals surface area contributed by atoms with Gasteiger partial charge in [0.05, 0.1) is 17.4 Å². The third kappa shape index (κ3) is 1.73. The summed E-state index contributed by atoms with van der Waals surface area (Å²) in [7, 11) is 0. The lowest BCUT2D eigenvalue weighted by Gasteiger charge is -2.00. The first-order valence-corrected chi connectivity index (χ1v) is 6.52. The molecule has 4 aromatic rings. The minimum atomic E-state index is -0.0134. The number of pyridine rings is 1. The monoisotopic (exact) mass is 277 g/mol. The van der Waals surface area contributed by atoms with E-state index >= 15 is 0 Å². The highest BCUT2D eigenvalue weighted by molar-refractivity contribution is 6.03. The summed E-state index contributed by atoms with van der Waals surface area (Å²) < 4.78 is 1.58. The zero-order chi connectivity index (χ0) is 14.4. The number of aromatic amines is 1. The Kier molecular flexibility index (Phi) is 2.38. The molecule has 6 nitrogen and oxygen atoms in total. The first-order chi connectivity index (χ1) is 10.2. The molecule has 21 heavy (non-hydrogen) atoms. The summed E-state index contributed by atoms with van der Waals surface area (Å²) in [5, 5.41) is 9.32. The topological polar surface area (TPSA) is 75.9 Å². The van der Waals surface area contributed by atoms with Crippen LogP contribution in [0.4, 0.5) is 0 Å². The van der Waals surface area contributed by atoms with Gasteiger partial charge in [-0.15, -0.1) is 0 Å². The SMILES string of the molecule is CC(=O)c1cc2c(-c3cnn4ncccc34)ccnc2[nH]1. The number of carbonyl (C=O) groups is 1. The van der Waals surface area contributed by atoms with E-state index in [0.29, 0.717) is 11.3 Å². The molecule has 4 rings (SSSR count). The molecule has 0 saturated carbocycles. The summed E-state index contributed by atoms with van der Waals surface area (Å²) in [6, 6.07) is 7.58. The maximum atomic E-state index is 11.5. The highest BCUT2D eigenvalue weighted by atomic mass is 16.1. The van der Waals surface area contributed by atoms with Crippen LogP contribution in [0, 0.1) is 0 Å². The Labute approximate surface area is 119 Å². The summed E-state index contributed by atoms with van der Waals surface area (Å²) in [5.41, 5.74) is 4.10. The molecule has 0 saturated heterocycles. The average molecular weight is 277 g/mol. The minimum absolute atomic E-state index is 0.0134. The van der Waals surface area contributed by atoms with E-state index in [0.717, 1.165) is 22.0 Å². The molecule has 0 unspecified atom stereocenters. The van der Waals surface area contributed by atoms with E-state index in [1.807, 2.05) is 24.3 Å². The predicted molar refractivity (Wildman–Crippen MR) is 78.1 cm³/mol. The van der Waals surface area contributed by atoms with Gasteiger partial charge in [0, 0.05) is 30.3 Å². The molecule has 0 aromatic carbocycles. The van der Waals surface area contributed by atoms with Crippen LogP contribution in [0.1, 0.15) is 17.4 Å². The number of carbonyl (C=O) groups excluding carboxylic acids is 1. The molecule has 1 N–H and O–H groups in total. The maximum absolute atomic E-state index is 11.5. The van der Waals surface area contributed by atoms with Gasteiger partial charge in [-0.1, -0.05) is 0 Å². The summed E-state index contributed by atoms with van der Waals surface area (Å²) in [5.74, 6) is -0.0134. The molecule has 102 valence electrons. The van der Waals surface area contributed by atoms with Crippen molar-refractivity contribution in [3.05, 3.63) is 48.5 Å². The van der Waals surface area contributed by atoms with Crippen molar-refractivity contribution in [1.29, 1.82) is 0 Å². The molecule has 4 heterocycles. The van der Waals surface area contributed by atoms with Gasteiger partial charge >= 0.3 is 0 Å². The second kappa shape index (κ2) is 4.24. The van der Waals surface area contributed by atoms with E-state index in [2.05, 4.69) is 20.2 Å². The first-order valence-electron chi connectivity index (χ1n) is 6.52. The van der Waals surface area contributed by atoms with Gasteiger partial charge in [-0.3, -0.25) is 4.79 Å². The summed E-state index contributed by atoms with van der Waals surface area (Å²) in [6.07, 6.45) is 5.19. The number of aromatic nitrogens is 5. The second-order valence-corrected chi connectivity index (χ2v) is 4.82. The van der Waals surface area contributed by atoms with Crippen LogP contribution >= 0.6 is 0 Å². The van der Waals surface area contributed by atoms with Crippen molar-refractivity contribution in [2.24, 2.45) is 0 Å². The van der Waals surface area contributed by atoms with Crippen molar-refractivity contribution >= 4 is 22.3 Å². The average Bonchev–Trinajstić information content (AvgIpc) is 3.11. The molecular formula is C15H11N5O. The van der Waals surface area contributed by atoms with Gasteiger partial charge in [0.2, 0.25) is 0 Å². The van der Waals surface area contributed by atoms with Gasteiger partial charge in [0.25, 0.3) is 0 Å². The van der Waals surface area contributed by atoms with E-state index in [1.165, 1.54) is 6.92 Å². The van der Waals surface area contributed by atoms with Crippen LogP contribution in [0.5, 0.6) is 0 Å². The number of hydrogen-bond acceptors (Lipinski definition) is 4. The summed E-state index contributed by atoms with van der Waals surface area (Å²) in [4.78, 5) is 18.9. The van der Waals surface area contributed by atoms with Gasteiger partial charge in [-0.05, 0) is 29.8 Å². The quantitative estimate of drug-likeness (QED) is 0.571. The Bertz CT molecular complexity index is 982. The van der Waals surface area contributed by atoms with Crippen molar-refractivity contribution in [2.75, 3.05) is 0 Å². The Balaban J connectivity index is 2.04.